The van der Waals surface area contributed by atoms with Crippen LogP contribution >= 0.6 is 11.8 Å². The van der Waals surface area contributed by atoms with Gasteiger partial charge in [0.05, 0.1) is 0 Å². The summed E-state index contributed by atoms with van der Waals surface area (Å²) in [7, 11) is 1.90. The number of rotatable bonds is 5. The summed E-state index contributed by atoms with van der Waals surface area (Å²) in [5, 5.41) is 3.54. The van der Waals surface area contributed by atoms with Gasteiger partial charge in [0.2, 0.25) is 0 Å². The molecular formula is C17H25N3S. The average molecular weight is 303 g/mol. The van der Waals surface area contributed by atoms with Crippen molar-refractivity contribution in [2.45, 2.75) is 24.2 Å². The molecule has 1 aliphatic carbocycles. The summed E-state index contributed by atoms with van der Waals surface area (Å²) in [6.07, 6.45) is 4.06. The second-order valence-corrected chi connectivity index (χ2v) is 7.19. The highest BCUT2D eigenvalue weighted by molar-refractivity contribution is 7.99. The summed E-state index contributed by atoms with van der Waals surface area (Å²) in [5.74, 6) is 3.98. The van der Waals surface area contributed by atoms with Crippen molar-refractivity contribution in [1.82, 2.24) is 10.2 Å². The van der Waals surface area contributed by atoms with Crippen molar-refractivity contribution in [2.75, 3.05) is 32.4 Å². The predicted octanol–water partition coefficient (Wildman–Crippen LogP) is 3.09. The molecule has 4 heteroatoms. The number of thioether (sulfide) groups is 1. The molecule has 1 aromatic rings. The first-order valence-corrected chi connectivity index (χ1v) is 8.97. The molecule has 1 unspecified atom stereocenters. The molecule has 0 radical (unpaired) electrons. The van der Waals surface area contributed by atoms with Crippen LogP contribution in [0.2, 0.25) is 0 Å². The fourth-order valence-corrected chi connectivity index (χ4v) is 3.83. The van der Waals surface area contributed by atoms with Crippen LogP contribution in [0.25, 0.3) is 0 Å². The molecule has 2 fully saturated rings. The Balaban J connectivity index is 1.43. The highest BCUT2D eigenvalue weighted by Gasteiger charge is 2.26. The lowest BCUT2D eigenvalue weighted by Crippen LogP contribution is -2.41. The maximum absolute atomic E-state index is 4.45. The number of guanidine groups is 1. The van der Waals surface area contributed by atoms with E-state index in [1.54, 1.807) is 0 Å². The molecule has 1 aliphatic heterocycles. The molecule has 0 bridgehead atoms. The van der Waals surface area contributed by atoms with Gasteiger partial charge in [0.1, 0.15) is 0 Å². The molecule has 1 atom stereocenters. The average Bonchev–Trinajstić information content (AvgIpc) is 3.24. The smallest absolute Gasteiger partial charge is 0.193 e. The highest BCUT2D eigenvalue weighted by Crippen LogP contribution is 2.28. The molecule has 2 aliphatic rings. The fourth-order valence-electron chi connectivity index (χ4n) is 2.78. The lowest BCUT2D eigenvalue weighted by Gasteiger charge is -2.21. The Kier molecular flexibility index (Phi) is 5.07. The summed E-state index contributed by atoms with van der Waals surface area (Å²) in [6, 6.07) is 10.7. The summed E-state index contributed by atoms with van der Waals surface area (Å²) in [4.78, 5) is 8.26. The molecule has 0 aromatic heterocycles. The van der Waals surface area contributed by atoms with Crippen molar-refractivity contribution in [3.8, 4) is 0 Å². The molecule has 0 spiro atoms. The molecule has 3 nitrogen and oxygen atoms in total. The summed E-state index contributed by atoms with van der Waals surface area (Å²) >= 11 is 1.98. The number of nitrogens with one attached hydrogen (secondary N) is 1. The van der Waals surface area contributed by atoms with E-state index >= 15 is 0 Å². The van der Waals surface area contributed by atoms with Crippen LogP contribution in [0.15, 0.2) is 40.2 Å². The zero-order chi connectivity index (χ0) is 14.5. The Morgan fingerprint density at radius 3 is 2.76 bits per heavy atom. The normalized spacial score (nSPS) is 22.6. The van der Waals surface area contributed by atoms with Gasteiger partial charge in [-0.15, -0.1) is 11.8 Å². The number of hydrogen-bond acceptors (Lipinski definition) is 2. The zero-order valence-corrected chi connectivity index (χ0v) is 13.6. The third-order valence-electron chi connectivity index (χ3n) is 4.27. The van der Waals surface area contributed by atoms with Crippen LogP contribution in [0, 0.1) is 11.8 Å². The van der Waals surface area contributed by atoms with Crippen LogP contribution < -0.4 is 5.32 Å². The van der Waals surface area contributed by atoms with Crippen molar-refractivity contribution in [3.05, 3.63) is 30.3 Å². The van der Waals surface area contributed by atoms with Crippen LogP contribution in [0.4, 0.5) is 0 Å². The minimum absolute atomic E-state index is 0.773. The lowest BCUT2D eigenvalue weighted by molar-refractivity contribution is 0.472. The molecule has 3 rings (SSSR count). The largest absolute Gasteiger partial charge is 0.356 e. The minimum Gasteiger partial charge on any atom is -0.356 e. The molecule has 1 N–H and O–H groups in total. The lowest BCUT2D eigenvalue weighted by atomic mass is 10.2. The van der Waals surface area contributed by atoms with Crippen molar-refractivity contribution >= 4 is 17.7 Å². The Morgan fingerprint density at radius 1 is 1.24 bits per heavy atom. The number of hydrogen-bond donors (Lipinski definition) is 1. The van der Waals surface area contributed by atoms with Gasteiger partial charge >= 0.3 is 0 Å². The van der Waals surface area contributed by atoms with E-state index in [0.29, 0.717) is 0 Å². The second-order valence-electron chi connectivity index (χ2n) is 6.10. The summed E-state index contributed by atoms with van der Waals surface area (Å²) < 4.78 is 0. The van der Waals surface area contributed by atoms with Crippen LogP contribution in [0.5, 0.6) is 0 Å². The van der Waals surface area contributed by atoms with Crippen LogP contribution in [0.1, 0.15) is 19.3 Å². The van der Waals surface area contributed by atoms with Crippen molar-refractivity contribution < 1.29 is 0 Å². The van der Waals surface area contributed by atoms with Gasteiger partial charge in [-0.3, -0.25) is 4.99 Å². The first-order chi connectivity index (χ1) is 10.3. The van der Waals surface area contributed by atoms with Crippen molar-refractivity contribution in [3.63, 3.8) is 0 Å². The fraction of sp³-hybridized carbons (Fsp3) is 0.588. The molecule has 1 heterocycles. The van der Waals surface area contributed by atoms with E-state index in [0.717, 1.165) is 37.4 Å². The summed E-state index contributed by atoms with van der Waals surface area (Å²) in [5.41, 5.74) is 0. The summed E-state index contributed by atoms with van der Waals surface area (Å²) in [6.45, 7) is 3.39. The Labute approximate surface area is 132 Å². The molecule has 0 amide bonds. The van der Waals surface area contributed by atoms with Crippen molar-refractivity contribution in [2.24, 2.45) is 16.8 Å². The first kappa shape index (κ1) is 14.8. The molecular weight excluding hydrogens is 278 g/mol. The topological polar surface area (TPSA) is 27.6 Å². The maximum atomic E-state index is 4.45. The SMILES string of the molecule is CN=C(NCC1CC1)N1CCC(CSc2ccccc2)C1. The quantitative estimate of drug-likeness (QED) is 0.514. The molecule has 1 saturated heterocycles. The van der Waals surface area contributed by atoms with Crippen molar-refractivity contribution in [1.29, 1.82) is 0 Å². The third-order valence-corrected chi connectivity index (χ3v) is 5.52. The van der Waals surface area contributed by atoms with E-state index in [2.05, 4.69) is 45.5 Å². The maximum Gasteiger partial charge on any atom is 0.193 e. The van der Waals surface area contributed by atoms with Gasteiger partial charge in [-0.2, -0.15) is 0 Å². The molecule has 21 heavy (non-hydrogen) atoms. The Bertz CT molecular complexity index is 470. The Hall–Kier alpha value is -1.16. The number of likely N-dealkylation sites (tertiary alicyclic amines) is 1. The molecule has 1 aromatic carbocycles. The van der Waals surface area contributed by atoms with Gasteiger partial charge in [0.25, 0.3) is 0 Å². The van der Waals surface area contributed by atoms with E-state index < -0.39 is 0 Å². The van der Waals surface area contributed by atoms with Gasteiger partial charge in [0, 0.05) is 37.3 Å². The standard InChI is InChI=1S/C17H25N3S/c1-18-17(19-11-14-7-8-14)20-10-9-15(12-20)13-21-16-5-3-2-4-6-16/h2-6,14-15H,7-13H2,1H3,(H,18,19). The third kappa shape index (κ3) is 4.40. The number of aliphatic imine (C=N–C) groups is 1. The van der Waals surface area contributed by atoms with E-state index in [-0.39, 0.29) is 0 Å². The van der Waals surface area contributed by atoms with E-state index in [1.165, 1.54) is 29.9 Å². The van der Waals surface area contributed by atoms with E-state index in [9.17, 15) is 0 Å². The van der Waals surface area contributed by atoms with Crippen LogP contribution in [-0.2, 0) is 0 Å². The molecule has 114 valence electrons. The van der Waals surface area contributed by atoms with Gasteiger partial charge in [-0.05, 0) is 43.2 Å². The van der Waals surface area contributed by atoms with E-state index in [1.807, 2.05) is 18.8 Å². The monoisotopic (exact) mass is 303 g/mol. The van der Waals surface area contributed by atoms with Crippen LogP contribution in [0.3, 0.4) is 0 Å². The van der Waals surface area contributed by atoms with Gasteiger partial charge in [0.15, 0.2) is 5.96 Å². The Morgan fingerprint density at radius 2 is 2.05 bits per heavy atom. The van der Waals surface area contributed by atoms with Crippen LogP contribution in [-0.4, -0.2) is 43.3 Å². The predicted molar refractivity (Wildman–Crippen MR) is 90.9 cm³/mol. The van der Waals surface area contributed by atoms with E-state index in [4.69, 9.17) is 0 Å². The number of nitrogens with zero attached hydrogens (tertiary/aromatic N) is 2. The van der Waals surface area contributed by atoms with Gasteiger partial charge in [-0.25, -0.2) is 0 Å². The minimum atomic E-state index is 0.773. The van der Waals surface area contributed by atoms with Gasteiger partial charge in [-0.1, -0.05) is 18.2 Å². The number of benzene rings is 1. The zero-order valence-electron chi connectivity index (χ0n) is 12.8. The molecule has 1 saturated carbocycles. The first-order valence-electron chi connectivity index (χ1n) is 7.98. The second kappa shape index (κ2) is 7.21. The highest BCUT2D eigenvalue weighted by atomic mass is 32.2. The van der Waals surface area contributed by atoms with Gasteiger partial charge < -0.3 is 10.2 Å².